The molecule has 0 saturated heterocycles. The van der Waals surface area contributed by atoms with E-state index in [9.17, 15) is 4.79 Å². The van der Waals surface area contributed by atoms with Gasteiger partial charge in [-0.25, -0.2) is 4.98 Å². The van der Waals surface area contributed by atoms with E-state index >= 15 is 0 Å². The molecule has 0 bridgehead atoms. The smallest absolute Gasteiger partial charge is 0.220 e. The molecule has 0 unspecified atom stereocenters. The van der Waals surface area contributed by atoms with E-state index in [4.69, 9.17) is 5.73 Å². The van der Waals surface area contributed by atoms with E-state index in [0.717, 1.165) is 37.8 Å². The molecule has 1 aromatic rings. The number of aromatic nitrogens is 1. The van der Waals surface area contributed by atoms with E-state index in [1.165, 1.54) is 5.01 Å². The molecule has 1 fully saturated rings. The minimum Gasteiger partial charge on any atom is -0.356 e. The molecule has 1 amide bonds. The first kappa shape index (κ1) is 20.6. The predicted octanol–water partition coefficient (Wildman–Crippen LogP) is 2.73. The number of hydrogen-bond acceptors (Lipinski definition) is 4. The van der Waals surface area contributed by atoms with Crippen LogP contribution in [0.3, 0.4) is 0 Å². The highest BCUT2D eigenvalue weighted by atomic mass is 35.5. The van der Waals surface area contributed by atoms with Crippen molar-refractivity contribution < 1.29 is 4.79 Å². The molecule has 1 aliphatic carbocycles. The summed E-state index contributed by atoms with van der Waals surface area (Å²) in [5.74, 6) is 0.513. The second kappa shape index (κ2) is 10.4. The molecule has 21 heavy (non-hydrogen) atoms. The Morgan fingerprint density at radius 3 is 2.81 bits per heavy atom. The van der Waals surface area contributed by atoms with E-state index < -0.39 is 0 Å². The maximum Gasteiger partial charge on any atom is 0.220 e. The Morgan fingerprint density at radius 1 is 1.48 bits per heavy atom. The number of halogens is 2. The van der Waals surface area contributed by atoms with E-state index in [1.54, 1.807) is 11.3 Å². The van der Waals surface area contributed by atoms with Gasteiger partial charge in [0.1, 0.15) is 0 Å². The van der Waals surface area contributed by atoms with Gasteiger partial charge in [0.25, 0.3) is 0 Å². The van der Waals surface area contributed by atoms with Crippen LogP contribution in [0, 0.1) is 5.92 Å². The summed E-state index contributed by atoms with van der Waals surface area (Å²) in [6.45, 7) is 2.78. The average molecular weight is 354 g/mol. The van der Waals surface area contributed by atoms with Gasteiger partial charge in [-0.05, 0) is 25.2 Å². The van der Waals surface area contributed by atoms with Gasteiger partial charge in [0.15, 0.2) is 0 Å². The van der Waals surface area contributed by atoms with Crippen LogP contribution in [-0.2, 0) is 17.6 Å². The summed E-state index contributed by atoms with van der Waals surface area (Å²) in [5, 5.41) is 6.22. The zero-order valence-electron chi connectivity index (χ0n) is 12.3. The second-order valence-electron chi connectivity index (χ2n) is 5.25. The number of carbonyl (C=O) groups excluding carboxylic acids is 1. The van der Waals surface area contributed by atoms with Crippen LogP contribution in [0.15, 0.2) is 5.38 Å². The highest BCUT2D eigenvalue weighted by Crippen LogP contribution is 2.26. The van der Waals surface area contributed by atoms with Crippen LogP contribution in [0.5, 0.6) is 0 Å². The molecule has 1 saturated carbocycles. The lowest BCUT2D eigenvalue weighted by Crippen LogP contribution is -2.32. The van der Waals surface area contributed by atoms with Gasteiger partial charge in [0.05, 0.1) is 10.7 Å². The molecule has 0 radical (unpaired) electrons. The summed E-state index contributed by atoms with van der Waals surface area (Å²) in [4.78, 5) is 16.3. The molecule has 122 valence electrons. The van der Waals surface area contributed by atoms with Crippen LogP contribution in [0.2, 0.25) is 0 Å². The Bertz CT molecular complexity index is 428. The fraction of sp³-hybridized carbons (Fsp3) is 0.714. The number of amides is 1. The van der Waals surface area contributed by atoms with Gasteiger partial charge in [0, 0.05) is 30.8 Å². The molecule has 2 atom stereocenters. The summed E-state index contributed by atoms with van der Waals surface area (Å²) < 4.78 is 0. The number of hydrogen-bond donors (Lipinski definition) is 2. The first-order valence-corrected chi connectivity index (χ1v) is 8.02. The molecule has 0 aromatic carbocycles. The van der Waals surface area contributed by atoms with Crippen molar-refractivity contribution in [2.75, 3.05) is 6.54 Å². The summed E-state index contributed by atoms with van der Waals surface area (Å²) in [6, 6.07) is 0.219. The third-order valence-corrected chi connectivity index (χ3v) is 4.81. The predicted molar refractivity (Wildman–Crippen MR) is 92.6 cm³/mol. The number of nitrogens with two attached hydrogens (primary N) is 1. The zero-order chi connectivity index (χ0) is 13.7. The minimum atomic E-state index is 0. The Labute approximate surface area is 143 Å². The number of nitrogens with one attached hydrogen (secondary N) is 1. The molecule has 2 rings (SSSR count). The van der Waals surface area contributed by atoms with Crippen molar-refractivity contribution in [3.63, 3.8) is 0 Å². The second-order valence-corrected chi connectivity index (χ2v) is 6.19. The topological polar surface area (TPSA) is 68.0 Å². The largest absolute Gasteiger partial charge is 0.356 e. The van der Waals surface area contributed by atoms with Crippen molar-refractivity contribution in [3.05, 3.63) is 16.1 Å². The van der Waals surface area contributed by atoms with Crippen molar-refractivity contribution >= 4 is 42.1 Å². The molecule has 1 aromatic heterocycles. The molecule has 3 N–H and O–H groups in total. The van der Waals surface area contributed by atoms with Crippen molar-refractivity contribution in [1.82, 2.24) is 10.3 Å². The lowest BCUT2D eigenvalue weighted by Gasteiger charge is -2.14. The minimum absolute atomic E-state index is 0. The molecule has 0 spiro atoms. The van der Waals surface area contributed by atoms with Gasteiger partial charge in [0.2, 0.25) is 5.91 Å². The van der Waals surface area contributed by atoms with Gasteiger partial charge in [-0.1, -0.05) is 13.3 Å². The van der Waals surface area contributed by atoms with Crippen molar-refractivity contribution in [1.29, 1.82) is 0 Å². The first-order chi connectivity index (χ1) is 9.19. The molecular formula is C14H25Cl2N3OS. The molecule has 1 heterocycles. The van der Waals surface area contributed by atoms with Crippen molar-refractivity contribution in [2.45, 2.75) is 51.5 Å². The lowest BCUT2D eigenvalue weighted by molar-refractivity contribution is -0.122. The van der Waals surface area contributed by atoms with E-state index in [-0.39, 0.29) is 36.8 Å². The van der Waals surface area contributed by atoms with Crippen molar-refractivity contribution in [3.8, 4) is 0 Å². The van der Waals surface area contributed by atoms with Gasteiger partial charge in [-0.3, -0.25) is 4.79 Å². The SMILES string of the molecule is CCc1nc(CCNC(=O)C[C@@H]2CCC[C@H]2N)cs1.Cl.Cl. The molecule has 0 aliphatic heterocycles. The molecule has 7 heteroatoms. The zero-order valence-corrected chi connectivity index (χ0v) is 14.8. The normalized spacial score (nSPS) is 20.5. The Hall–Kier alpha value is -0.360. The fourth-order valence-corrected chi connectivity index (χ4v) is 3.36. The summed E-state index contributed by atoms with van der Waals surface area (Å²) in [6.07, 6.45) is 5.71. The number of carbonyl (C=O) groups is 1. The fourth-order valence-electron chi connectivity index (χ4n) is 2.59. The highest BCUT2D eigenvalue weighted by Gasteiger charge is 2.25. The first-order valence-electron chi connectivity index (χ1n) is 7.14. The van der Waals surface area contributed by atoms with E-state index in [0.29, 0.717) is 18.9 Å². The Kier molecular flexibility index (Phi) is 10.2. The third kappa shape index (κ3) is 6.51. The van der Waals surface area contributed by atoms with Crippen LogP contribution in [0.1, 0.15) is 43.3 Å². The standard InChI is InChI=1S/C14H23N3OS.2ClH/c1-2-14-17-11(9-19-14)6-7-16-13(18)8-10-4-3-5-12(10)15;;/h9-10,12H,2-8,15H2,1H3,(H,16,18);2*1H/t10-,12+;;/m0../s1. The monoisotopic (exact) mass is 353 g/mol. The number of rotatable bonds is 6. The third-order valence-electron chi connectivity index (χ3n) is 3.77. The Morgan fingerprint density at radius 2 is 2.24 bits per heavy atom. The summed E-state index contributed by atoms with van der Waals surface area (Å²) >= 11 is 1.69. The van der Waals surface area contributed by atoms with Crippen molar-refractivity contribution in [2.24, 2.45) is 11.7 Å². The van der Waals surface area contributed by atoms with Crippen LogP contribution in [0.25, 0.3) is 0 Å². The van der Waals surface area contributed by atoms with Crippen LogP contribution in [-0.4, -0.2) is 23.5 Å². The quantitative estimate of drug-likeness (QED) is 0.825. The van der Waals surface area contributed by atoms with Crippen LogP contribution < -0.4 is 11.1 Å². The molecule has 4 nitrogen and oxygen atoms in total. The van der Waals surface area contributed by atoms with Gasteiger partial charge < -0.3 is 11.1 Å². The summed E-state index contributed by atoms with van der Waals surface area (Å²) in [7, 11) is 0. The van der Waals surface area contributed by atoms with Gasteiger partial charge in [-0.2, -0.15) is 0 Å². The van der Waals surface area contributed by atoms with Gasteiger partial charge >= 0.3 is 0 Å². The average Bonchev–Trinajstić information content (AvgIpc) is 2.99. The highest BCUT2D eigenvalue weighted by molar-refractivity contribution is 7.09. The number of aryl methyl sites for hydroxylation is 1. The van der Waals surface area contributed by atoms with Crippen LogP contribution in [0.4, 0.5) is 0 Å². The number of nitrogens with zero attached hydrogens (tertiary/aromatic N) is 1. The number of thiazole rings is 1. The maximum atomic E-state index is 11.8. The van der Waals surface area contributed by atoms with E-state index in [2.05, 4.69) is 22.6 Å². The Balaban J connectivity index is 0.00000200. The maximum absolute atomic E-state index is 11.8. The molecular weight excluding hydrogens is 329 g/mol. The summed E-state index contributed by atoms with van der Waals surface area (Å²) in [5.41, 5.74) is 7.06. The van der Waals surface area contributed by atoms with Gasteiger partial charge in [-0.15, -0.1) is 36.2 Å². The lowest BCUT2D eigenvalue weighted by atomic mass is 10.00. The molecule has 1 aliphatic rings. The van der Waals surface area contributed by atoms with E-state index in [1.807, 2.05) is 0 Å². The van der Waals surface area contributed by atoms with Crippen LogP contribution >= 0.6 is 36.2 Å².